The van der Waals surface area contributed by atoms with Crippen molar-refractivity contribution in [1.29, 1.82) is 0 Å². The summed E-state index contributed by atoms with van der Waals surface area (Å²) in [4.78, 5) is 3.98. The zero-order chi connectivity index (χ0) is 10.8. The number of nitrogens with zero attached hydrogens (tertiary/aromatic N) is 3. The maximum absolute atomic E-state index is 12.8. The maximum atomic E-state index is 12.8. The average molecular weight is 338 g/mol. The maximum Gasteiger partial charge on any atom is 0.211 e. The van der Waals surface area contributed by atoms with Crippen molar-refractivity contribution in [1.82, 2.24) is 14.8 Å². The van der Waals surface area contributed by atoms with Crippen LogP contribution in [0.2, 0.25) is 5.02 Å². The van der Waals surface area contributed by atoms with E-state index in [1.807, 2.05) is 22.6 Å². The van der Waals surface area contributed by atoms with E-state index in [1.165, 1.54) is 12.1 Å². The molecule has 0 amide bonds. The monoisotopic (exact) mass is 337 g/mol. The molecule has 1 aromatic carbocycles. The molecule has 15 heavy (non-hydrogen) atoms. The lowest BCUT2D eigenvalue weighted by Gasteiger charge is -2.03. The standard InChI is InChI=1S/C9H6ClFIN3/c10-8-3-7(11)2-1-6(8)4-15-5-13-9(12)14-15/h1-3,5H,4H2. The van der Waals surface area contributed by atoms with Gasteiger partial charge in [0.2, 0.25) is 3.83 Å². The Labute approximate surface area is 104 Å². The third kappa shape index (κ3) is 2.66. The van der Waals surface area contributed by atoms with Gasteiger partial charge < -0.3 is 0 Å². The summed E-state index contributed by atoms with van der Waals surface area (Å²) in [7, 11) is 0. The second kappa shape index (κ2) is 4.44. The first-order valence-electron chi connectivity index (χ1n) is 4.14. The molecule has 0 saturated heterocycles. The highest BCUT2D eigenvalue weighted by Crippen LogP contribution is 2.17. The number of aromatic nitrogens is 3. The van der Waals surface area contributed by atoms with Crippen molar-refractivity contribution >= 4 is 34.2 Å². The fraction of sp³-hybridized carbons (Fsp3) is 0.111. The fourth-order valence-corrected chi connectivity index (χ4v) is 1.80. The summed E-state index contributed by atoms with van der Waals surface area (Å²) in [5, 5.41) is 4.51. The smallest absolute Gasteiger partial charge is 0.211 e. The second-order valence-corrected chi connectivity index (χ2v) is 4.32. The third-order valence-electron chi connectivity index (χ3n) is 1.86. The van der Waals surface area contributed by atoms with Crippen LogP contribution in [0.15, 0.2) is 24.5 Å². The molecule has 0 atom stereocenters. The fourth-order valence-electron chi connectivity index (χ4n) is 1.17. The van der Waals surface area contributed by atoms with Gasteiger partial charge in [0.15, 0.2) is 0 Å². The summed E-state index contributed by atoms with van der Waals surface area (Å²) in [5.41, 5.74) is 0.819. The predicted octanol–water partition coefficient (Wildman–Crippen LogP) is 2.72. The zero-order valence-corrected chi connectivity index (χ0v) is 10.4. The Hall–Kier alpha value is -0.690. The topological polar surface area (TPSA) is 30.7 Å². The van der Waals surface area contributed by atoms with Crippen LogP contribution < -0.4 is 0 Å². The Bertz CT molecular complexity index is 486. The zero-order valence-electron chi connectivity index (χ0n) is 7.49. The van der Waals surface area contributed by atoms with E-state index in [-0.39, 0.29) is 5.82 Å². The highest BCUT2D eigenvalue weighted by atomic mass is 127. The largest absolute Gasteiger partial charge is 0.247 e. The van der Waals surface area contributed by atoms with Gasteiger partial charge >= 0.3 is 0 Å². The van der Waals surface area contributed by atoms with Gasteiger partial charge in [-0.3, -0.25) is 0 Å². The number of halogens is 3. The molecule has 0 aliphatic carbocycles. The molecule has 0 aliphatic rings. The van der Waals surface area contributed by atoms with Crippen molar-refractivity contribution in [3.63, 3.8) is 0 Å². The molecule has 2 rings (SSSR count). The molecule has 3 nitrogen and oxygen atoms in total. The van der Waals surface area contributed by atoms with Crippen molar-refractivity contribution in [2.24, 2.45) is 0 Å². The van der Waals surface area contributed by atoms with Crippen LogP contribution in [-0.4, -0.2) is 14.8 Å². The highest BCUT2D eigenvalue weighted by Gasteiger charge is 2.04. The van der Waals surface area contributed by atoms with Gasteiger partial charge in [-0.1, -0.05) is 17.7 Å². The van der Waals surface area contributed by atoms with Crippen LogP contribution in [0.25, 0.3) is 0 Å². The minimum Gasteiger partial charge on any atom is -0.247 e. The van der Waals surface area contributed by atoms with E-state index < -0.39 is 0 Å². The van der Waals surface area contributed by atoms with Gasteiger partial charge in [-0.15, -0.1) is 5.10 Å². The predicted molar refractivity (Wildman–Crippen MR) is 63.3 cm³/mol. The summed E-state index contributed by atoms with van der Waals surface area (Å²) in [6.07, 6.45) is 1.61. The van der Waals surface area contributed by atoms with Crippen LogP contribution in [0.1, 0.15) is 5.56 Å². The number of hydrogen-bond acceptors (Lipinski definition) is 2. The first-order chi connectivity index (χ1) is 7.15. The van der Waals surface area contributed by atoms with Gasteiger partial charge in [-0.05, 0) is 17.7 Å². The van der Waals surface area contributed by atoms with Crippen LogP contribution in [0.5, 0.6) is 0 Å². The lowest BCUT2D eigenvalue weighted by molar-refractivity contribution is 0.624. The summed E-state index contributed by atoms with van der Waals surface area (Å²) in [5.74, 6) is -0.336. The molecular formula is C9H6ClFIN3. The summed E-state index contributed by atoms with van der Waals surface area (Å²) in [6, 6.07) is 4.31. The summed E-state index contributed by atoms with van der Waals surface area (Å²) in [6.45, 7) is 0.495. The molecular weight excluding hydrogens is 331 g/mol. The Kier molecular flexibility index (Phi) is 3.20. The number of hydrogen-bond donors (Lipinski definition) is 0. The summed E-state index contributed by atoms with van der Waals surface area (Å²) < 4.78 is 15.1. The molecule has 0 aliphatic heterocycles. The molecule has 0 fully saturated rings. The number of rotatable bonds is 2. The van der Waals surface area contributed by atoms with E-state index in [2.05, 4.69) is 10.1 Å². The van der Waals surface area contributed by atoms with Crippen molar-refractivity contribution in [2.45, 2.75) is 6.54 Å². The summed E-state index contributed by atoms with van der Waals surface area (Å²) >= 11 is 7.90. The molecule has 0 unspecified atom stereocenters. The SMILES string of the molecule is Fc1ccc(Cn2cnc(I)n2)c(Cl)c1. The minimum atomic E-state index is -0.336. The molecule has 2 aromatic rings. The van der Waals surface area contributed by atoms with Crippen LogP contribution in [0.3, 0.4) is 0 Å². The van der Waals surface area contributed by atoms with E-state index in [1.54, 1.807) is 17.1 Å². The van der Waals surface area contributed by atoms with Gasteiger partial charge in [0.25, 0.3) is 0 Å². The molecule has 1 aromatic heterocycles. The van der Waals surface area contributed by atoms with Crippen molar-refractivity contribution in [3.8, 4) is 0 Å². The van der Waals surface area contributed by atoms with Crippen LogP contribution >= 0.6 is 34.2 Å². The molecule has 0 N–H and O–H groups in total. The van der Waals surface area contributed by atoms with Gasteiger partial charge in [-0.25, -0.2) is 14.1 Å². The first-order valence-corrected chi connectivity index (χ1v) is 5.60. The molecule has 0 spiro atoms. The van der Waals surface area contributed by atoms with Crippen molar-refractivity contribution in [2.75, 3.05) is 0 Å². The lowest BCUT2D eigenvalue weighted by atomic mass is 10.2. The average Bonchev–Trinajstić information content (AvgIpc) is 2.56. The van der Waals surface area contributed by atoms with E-state index in [4.69, 9.17) is 11.6 Å². The minimum absolute atomic E-state index is 0.336. The van der Waals surface area contributed by atoms with E-state index in [0.717, 1.165) is 5.56 Å². The van der Waals surface area contributed by atoms with Gasteiger partial charge in [0.05, 0.1) is 6.54 Å². The van der Waals surface area contributed by atoms with E-state index in [9.17, 15) is 4.39 Å². The molecule has 0 saturated carbocycles. The van der Waals surface area contributed by atoms with E-state index >= 15 is 0 Å². The third-order valence-corrected chi connectivity index (χ3v) is 2.70. The Morgan fingerprint density at radius 1 is 1.47 bits per heavy atom. The second-order valence-electron chi connectivity index (χ2n) is 2.95. The normalized spacial score (nSPS) is 10.6. The van der Waals surface area contributed by atoms with Gasteiger partial charge in [0.1, 0.15) is 12.1 Å². The molecule has 0 radical (unpaired) electrons. The lowest BCUT2D eigenvalue weighted by Crippen LogP contribution is -2.01. The number of benzene rings is 1. The molecule has 1 heterocycles. The van der Waals surface area contributed by atoms with Gasteiger partial charge in [-0.2, -0.15) is 0 Å². The van der Waals surface area contributed by atoms with Crippen LogP contribution in [0.4, 0.5) is 4.39 Å². The quantitative estimate of drug-likeness (QED) is 0.789. The molecule has 0 bridgehead atoms. The first kappa shape index (κ1) is 10.8. The van der Waals surface area contributed by atoms with Crippen molar-refractivity contribution in [3.05, 3.63) is 44.8 Å². The van der Waals surface area contributed by atoms with Crippen molar-refractivity contribution < 1.29 is 4.39 Å². The Balaban J connectivity index is 2.24. The van der Waals surface area contributed by atoms with Gasteiger partial charge in [0, 0.05) is 27.6 Å². The van der Waals surface area contributed by atoms with Crippen LogP contribution in [0, 0.1) is 9.65 Å². The molecule has 78 valence electrons. The van der Waals surface area contributed by atoms with Crippen LogP contribution in [-0.2, 0) is 6.54 Å². The molecule has 6 heteroatoms. The Morgan fingerprint density at radius 3 is 2.87 bits per heavy atom. The Morgan fingerprint density at radius 2 is 2.27 bits per heavy atom. The highest BCUT2D eigenvalue weighted by molar-refractivity contribution is 14.1. The van der Waals surface area contributed by atoms with E-state index in [0.29, 0.717) is 15.4 Å².